The highest BCUT2D eigenvalue weighted by molar-refractivity contribution is 5.77. The van der Waals surface area contributed by atoms with E-state index in [4.69, 9.17) is 9.47 Å². The van der Waals surface area contributed by atoms with Crippen LogP contribution in [0.4, 0.5) is 0 Å². The number of hydrogen-bond acceptors (Lipinski definition) is 5. The molecule has 1 aromatic carbocycles. The zero-order valence-electron chi connectivity index (χ0n) is 16.5. The van der Waals surface area contributed by atoms with E-state index in [9.17, 15) is 4.79 Å². The Morgan fingerprint density at radius 1 is 1.22 bits per heavy atom. The largest absolute Gasteiger partial charge is 0.496 e. The third kappa shape index (κ3) is 4.48. The Labute approximate surface area is 160 Å². The van der Waals surface area contributed by atoms with Crippen LogP contribution in [0.15, 0.2) is 18.2 Å². The molecule has 0 saturated heterocycles. The maximum absolute atomic E-state index is 11.5. The van der Waals surface area contributed by atoms with Crippen LogP contribution in [0.25, 0.3) is 0 Å². The van der Waals surface area contributed by atoms with Crippen LogP contribution < -0.4 is 10.1 Å². The maximum Gasteiger partial charge on any atom is 0.246 e. The van der Waals surface area contributed by atoms with Crippen molar-refractivity contribution in [2.24, 2.45) is 0 Å². The van der Waals surface area contributed by atoms with Crippen LogP contribution in [0, 0.1) is 13.8 Å². The highest BCUT2D eigenvalue weighted by atomic mass is 16.5. The summed E-state index contributed by atoms with van der Waals surface area (Å²) >= 11 is 0. The number of amides is 1. The van der Waals surface area contributed by atoms with E-state index in [0.717, 1.165) is 37.6 Å². The van der Waals surface area contributed by atoms with Gasteiger partial charge in [0, 0.05) is 26.7 Å². The molecule has 0 radical (unpaired) electrons. The third-order valence-corrected chi connectivity index (χ3v) is 5.13. The minimum absolute atomic E-state index is 0.0714. The van der Waals surface area contributed by atoms with E-state index < -0.39 is 0 Å². The predicted molar refractivity (Wildman–Crippen MR) is 103 cm³/mol. The molecular formula is C20H28N4O3. The van der Waals surface area contributed by atoms with Crippen molar-refractivity contribution in [1.29, 1.82) is 0 Å². The molecule has 1 aliphatic heterocycles. The van der Waals surface area contributed by atoms with E-state index in [1.54, 1.807) is 7.11 Å². The lowest BCUT2D eigenvalue weighted by atomic mass is 10.0. The van der Waals surface area contributed by atoms with Gasteiger partial charge in [0.15, 0.2) is 0 Å². The molecule has 2 heterocycles. The van der Waals surface area contributed by atoms with Crippen molar-refractivity contribution in [3.8, 4) is 5.75 Å². The quantitative estimate of drug-likeness (QED) is 0.803. The molecule has 0 atom stereocenters. The Morgan fingerprint density at radius 3 is 2.78 bits per heavy atom. The van der Waals surface area contributed by atoms with E-state index in [1.807, 2.05) is 10.7 Å². The zero-order valence-corrected chi connectivity index (χ0v) is 16.5. The van der Waals surface area contributed by atoms with E-state index >= 15 is 0 Å². The Balaban J connectivity index is 1.63. The van der Waals surface area contributed by atoms with Crippen molar-refractivity contribution in [2.75, 3.05) is 27.4 Å². The van der Waals surface area contributed by atoms with Gasteiger partial charge in [0.1, 0.15) is 12.4 Å². The second kappa shape index (κ2) is 8.54. The van der Waals surface area contributed by atoms with Crippen LogP contribution in [-0.2, 0) is 35.7 Å². The number of rotatable bonds is 7. The highest BCUT2D eigenvalue weighted by Crippen LogP contribution is 2.26. The van der Waals surface area contributed by atoms with Crippen LogP contribution in [-0.4, -0.2) is 48.0 Å². The van der Waals surface area contributed by atoms with Crippen LogP contribution in [0.2, 0.25) is 0 Å². The summed E-state index contributed by atoms with van der Waals surface area (Å²) in [6, 6.07) is 6.28. The van der Waals surface area contributed by atoms with Gasteiger partial charge >= 0.3 is 0 Å². The molecule has 7 nitrogen and oxygen atoms in total. The van der Waals surface area contributed by atoms with Gasteiger partial charge in [-0.3, -0.25) is 14.4 Å². The zero-order chi connectivity index (χ0) is 19.4. The molecule has 27 heavy (non-hydrogen) atoms. The molecule has 146 valence electrons. The molecule has 1 aromatic heterocycles. The fourth-order valence-corrected chi connectivity index (χ4v) is 3.46. The summed E-state index contributed by atoms with van der Waals surface area (Å²) in [7, 11) is 3.22. The fourth-order valence-electron chi connectivity index (χ4n) is 3.46. The second-order valence-electron chi connectivity index (χ2n) is 6.95. The summed E-state index contributed by atoms with van der Waals surface area (Å²) in [5.41, 5.74) is 5.88. The molecular weight excluding hydrogens is 344 g/mol. The summed E-state index contributed by atoms with van der Waals surface area (Å²) in [6.07, 6.45) is 0. The highest BCUT2D eigenvalue weighted by Gasteiger charge is 2.20. The van der Waals surface area contributed by atoms with E-state index in [2.05, 4.69) is 41.3 Å². The molecule has 2 aromatic rings. The Kier molecular flexibility index (Phi) is 6.13. The van der Waals surface area contributed by atoms with Crippen molar-refractivity contribution >= 4 is 5.91 Å². The fraction of sp³-hybridized carbons (Fsp3) is 0.500. The minimum Gasteiger partial charge on any atom is -0.496 e. The Bertz CT molecular complexity index is 816. The molecule has 3 rings (SSSR count). The number of aromatic nitrogens is 2. The normalized spacial score (nSPS) is 14.1. The topological polar surface area (TPSA) is 68.6 Å². The third-order valence-electron chi connectivity index (χ3n) is 5.13. The van der Waals surface area contributed by atoms with E-state index in [0.29, 0.717) is 6.54 Å². The summed E-state index contributed by atoms with van der Waals surface area (Å²) in [5, 5.41) is 7.42. The molecule has 0 unspecified atom stereocenters. The maximum atomic E-state index is 11.5. The summed E-state index contributed by atoms with van der Waals surface area (Å²) in [5.74, 6) is 0.809. The first-order valence-electron chi connectivity index (χ1n) is 9.18. The van der Waals surface area contributed by atoms with Gasteiger partial charge in [-0.2, -0.15) is 5.10 Å². The molecule has 0 aliphatic carbocycles. The monoisotopic (exact) mass is 372 g/mol. The van der Waals surface area contributed by atoms with Gasteiger partial charge < -0.3 is 14.8 Å². The first-order valence-corrected chi connectivity index (χ1v) is 9.18. The van der Waals surface area contributed by atoms with Gasteiger partial charge in [-0.05, 0) is 42.7 Å². The molecule has 1 N–H and O–H groups in total. The number of nitrogens with zero attached hydrogens (tertiary/aromatic N) is 3. The smallest absolute Gasteiger partial charge is 0.246 e. The molecule has 0 fully saturated rings. The molecule has 0 saturated carbocycles. The number of carbonyl (C=O) groups is 1. The van der Waals surface area contributed by atoms with Gasteiger partial charge in [0.05, 0.1) is 31.6 Å². The average Bonchev–Trinajstić information content (AvgIpc) is 3.06. The van der Waals surface area contributed by atoms with Crippen LogP contribution in [0.5, 0.6) is 5.75 Å². The van der Waals surface area contributed by atoms with Crippen molar-refractivity contribution in [3.05, 3.63) is 46.3 Å². The van der Waals surface area contributed by atoms with Crippen LogP contribution in [0.1, 0.15) is 28.1 Å². The minimum atomic E-state index is -0.129. The number of benzene rings is 1. The van der Waals surface area contributed by atoms with E-state index in [1.165, 1.54) is 29.5 Å². The number of nitrogens with one attached hydrogen (secondary N) is 1. The Morgan fingerprint density at radius 2 is 2.04 bits per heavy atom. The lowest BCUT2D eigenvalue weighted by Crippen LogP contribution is -2.33. The van der Waals surface area contributed by atoms with Gasteiger partial charge in [-0.15, -0.1) is 0 Å². The number of methoxy groups -OCH3 is 2. The SMILES string of the molecule is COCC(=O)NCc1cc2n(n1)CCN(Cc1ccc(OC)c(C)c1C)C2. The van der Waals surface area contributed by atoms with E-state index in [-0.39, 0.29) is 12.5 Å². The van der Waals surface area contributed by atoms with Crippen molar-refractivity contribution in [2.45, 2.75) is 40.0 Å². The number of carbonyl (C=O) groups excluding carboxylic acids is 1. The van der Waals surface area contributed by atoms with Crippen molar-refractivity contribution in [1.82, 2.24) is 20.0 Å². The van der Waals surface area contributed by atoms with Gasteiger partial charge in [-0.25, -0.2) is 0 Å². The average molecular weight is 372 g/mol. The predicted octanol–water partition coefficient (Wildman–Crippen LogP) is 1.79. The van der Waals surface area contributed by atoms with Gasteiger partial charge in [0.25, 0.3) is 0 Å². The standard InChI is InChI=1S/C20H28N4O3/c1-14-15(2)19(27-4)6-5-16(14)11-23-7-8-24-18(12-23)9-17(22-24)10-21-20(25)13-26-3/h5-6,9H,7-8,10-13H2,1-4H3,(H,21,25). The lowest BCUT2D eigenvalue weighted by Gasteiger charge is -2.28. The van der Waals surface area contributed by atoms with Gasteiger partial charge in [0.2, 0.25) is 5.91 Å². The van der Waals surface area contributed by atoms with Crippen LogP contribution in [0.3, 0.4) is 0 Å². The first kappa shape index (κ1) is 19.4. The van der Waals surface area contributed by atoms with Crippen LogP contribution >= 0.6 is 0 Å². The van der Waals surface area contributed by atoms with Gasteiger partial charge in [-0.1, -0.05) is 6.07 Å². The molecule has 0 bridgehead atoms. The molecule has 1 aliphatic rings. The summed E-state index contributed by atoms with van der Waals surface area (Å²) in [6.45, 7) is 8.33. The first-order chi connectivity index (χ1) is 13.0. The summed E-state index contributed by atoms with van der Waals surface area (Å²) in [4.78, 5) is 14.0. The number of fused-ring (bicyclic) bond motifs is 1. The molecule has 0 spiro atoms. The summed E-state index contributed by atoms with van der Waals surface area (Å²) < 4.78 is 12.3. The second-order valence-corrected chi connectivity index (χ2v) is 6.95. The van der Waals surface area contributed by atoms with Crippen molar-refractivity contribution in [3.63, 3.8) is 0 Å². The number of hydrogen-bond donors (Lipinski definition) is 1. The molecule has 7 heteroatoms. The van der Waals surface area contributed by atoms with Crippen molar-refractivity contribution < 1.29 is 14.3 Å². The molecule has 1 amide bonds. The number of ether oxygens (including phenoxy) is 2. The Hall–Kier alpha value is -2.38. The lowest BCUT2D eigenvalue weighted by molar-refractivity contribution is -0.124.